The van der Waals surface area contributed by atoms with Crippen molar-refractivity contribution in [3.05, 3.63) is 93.0 Å². The molecule has 228 valence electrons. The standard InChI is InChI=1S/C28H23F3O10S2/c1-15-10-12-18(13-11-15)42(35,36)40-25-21(9-5-7-19-16(2)6-4-8-20(19)26(32)33)24(41-43(37,38)28(29,30)31)17(3)22-14-39-27(34)23(22)25/h4-8,10-13H,9,14H2,1-3H3,(H,32,33)/p-1/b7-5+. The predicted octanol–water partition coefficient (Wildman–Crippen LogP) is 3.90. The fourth-order valence-electron chi connectivity index (χ4n) is 4.33. The number of benzene rings is 3. The minimum atomic E-state index is -6.29. The first-order valence-electron chi connectivity index (χ1n) is 12.3. The van der Waals surface area contributed by atoms with Gasteiger partial charge in [0.05, 0.1) is 5.97 Å². The summed E-state index contributed by atoms with van der Waals surface area (Å²) in [5.74, 6) is -4.32. The van der Waals surface area contributed by atoms with Gasteiger partial charge in [-0.25, -0.2) is 4.79 Å². The molecule has 0 spiro atoms. The molecule has 0 saturated carbocycles. The molecule has 0 unspecified atom stereocenters. The van der Waals surface area contributed by atoms with E-state index in [0.717, 1.165) is 0 Å². The number of halogens is 3. The van der Waals surface area contributed by atoms with E-state index in [1.807, 2.05) is 0 Å². The van der Waals surface area contributed by atoms with Crippen LogP contribution in [0.2, 0.25) is 0 Å². The summed E-state index contributed by atoms with van der Waals surface area (Å²) in [6.45, 7) is 3.91. The molecule has 1 heterocycles. The van der Waals surface area contributed by atoms with Gasteiger partial charge in [-0.05, 0) is 50.5 Å². The second kappa shape index (κ2) is 11.4. The third-order valence-electron chi connectivity index (χ3n) is 6.55. The van der Waals surface area contributed by atoms with Crippen LogP contribution in [0.4, 0.5) is 13.2 Å². The number of carboxylic acid groups (broad SMARTS) is 1. The van der Waals surface area contributed by atoms with E-state index in [4.69, 9.17) is 8.92 Å². The molecule has 0 aliphatic carbocycles. The first-order valence-corrected chi connectivity index (χ1v) is 15.1. The van der Waals surface area contributed by atoms with Crippen LogP contribution in [0.3, 0.4) is 0 Å². The maximum absolute atomic E-state index is 13.4. The molecule has 0 fully saturated rings. The van der Waals surface area contributed by atoms with Crippen LogP contribution in [-0.2, 0) is 38.0 Å². The SMILES string of the molecule is Cc1ccc(S(=O)(=O)Oc2c(C/C=C/c3c(C)cccc3C(=O)[O-])c(OS(=O)(=O)C(F)(F)F)c(C)c3c2C(=O)OC3)cc1. The first kappa shape index (κ1) is 31.6. The van der Waals surface area contributed by atoms with E-state index in [1.54, 1.807) is 19.9 Å². The highest BCUT2D eigenvalue weighted by Gasteiger charge is 2.49. The molecule has 0 amide bonds. The fraction of sp³-hybridized carbons (Fsp3) is 0.214. The Morgan fingerprint density at radius 1 is 1.00 bits per heavy atom. The molecule has 1 aliphatic heterocycles. The maximum Gasteiger partial charge on any atom is 0.534 e. The van der Waals surface area contributed by atoms with Crippen LogP contribution >= 0.6 is 0 Å². The molecule has 15 heteroatoms. The number of carbonyl (C=O) groups is 2. The number of aromatic carboxylic acids is 1. The van der Waals surface area contributed by atoms with Crippen LogP contribution < -0.4 is 13.5 Å². The third kappa shape index (κ3) is 6.22. The molecular formula is C28H22F3O10S2-. The monoisotopic (exact) mass is 639 g/mol. The Kier molecular flexibility index (Phi) is 8.35. The maximum atomic E-state index is 13.4. The number of ether oxygens (including phenoxy) is 1. The molecule has 4 rings (SSSR count). The second-order valence-corrected chi connectivity index (χ2v) is 12.5. The molecule has 0 aromatic heterocycles. The van der Waals surface area contributed by atoms with E-state index >= 15 is 0 Å². The zero-order chi connectivity index (χ0) is 31.9. The molecule has 0 N–H and O–H groups in total. The second-order valence-electron chi connectivity index (χ2n) is 9.46. The fourth-order valence-corrected chi connectivity index (χ4v) is 5.84. The minimum Gasteiger partial charge on any atom is -0.545 e. The Bertz CT molecular complexity index is 1880. The zero-order valence-electron chi connectivity index (χ0n) is 22.6. The number of rotatable bonds is 9. The number of cyclic esters (lactones) is 1. The summed E-state index contributed by atoms with van der Waals surface area (Å²) in [7, 11) is -11.0. The number of allylic oxidation sites excluding steroid dienone is 1. The Labute approximate surface area is 244 Å². The van der Waals surface area contributed by atoms with Gasteiger partial charge in [-0.3, -0.25) is 0 Å². The van der Waals surface area contributed by atoms with Crippen molar-refractivity contribution in [3.63, 3.8) is 0 Å². The summed E-state index contributed by atoms with van der Waals surface area (Å²) in [5, 5.41) is 11.6. The van der Waals surface area contributed by atoms with Crippen molar-refractivity contribution in [1.29, 1.82) is 0 Å². The molecule has 10 nitrogen and oxygen atoms in total. The molecular weight excluding hydrogens is 617 g/mol. The van der Waals surface area contributed by atoms with Crippen molar-refractivity contribution in [1.82, 2.24) is 0 Å². The first-order chi connectivity index (χ1) is 19.9. The summed E-state index contributed by atoms with van der Waals surface area (Å²) >= 11 is 0. The molecule has 1 aliphatic rings. The molecule has 43 heavy (non-hydrogen) atoms. The van der Waals surface area contributed by atoms with Crippen molar-refractivity contribution in [2.75, 3.05) is 0 Å². The zero-order valence-corrected chi connectivity index (χ0v) is 24.3. The molecule has 0 radical (unpaired) electrons. The summed E-state index contributed by atoms with van der Waals surface area (Å²) in [4.78, 5) is 24.0. The van der Waals surface area contributed by atoms with Crippen LogP contribution in [0.5, 0.6) is 11.5 Å². The Hall–Kier alpha value is -4.37. The van der Waals surface area contributed by atoms with Crippen molar-refractivity contribution in [2.24, 2.45) is 0 Å². The third-order valence-corrected chi connectivity index (χ3v) is 8.74. The van der Waals surface area contributed by atoms with Gasteiger partial charge in [-0.15, -0.1) is 0 Å². The Morgan fingerprint density at radius 3 is 2.26 bits per heavy atom. The van der Waals surface area contributed by atoms with Gasteiger partial charge in [0, 0.05) is 22.3 Å². The number of hydrogen-bond donors (Lipinski definition) is 0. The number of aryl methyl sites for hydroxylation is 2. The van der Waals surface area contributed by atoms with Crippen molar-refractivity contribution in [3.8, 4) is 11.5 Å². The van der Waals surface area contributed by atoms with Crippen molar-refractivity contribution in [2.45, 2.75) is 44.2 Å². The number of esters is 1. The van der Waals surface area contributed by atoms with Crippen molar-refractivity contribution < 1.29 is 57.8 Å². The highest BCUT2D eigenvalue weighted by molar-refractivity contribution is 7.88. The molecule has 0 saturated heterocycles. The largest absolute Gasteiger partial charge is 0.545 e. The van der Waals surface area contributed by atoms with Crippen molar-refractivity contribution >= 4 is 38.3 Å². The highest BCUT2D eigenvalue weighted by atomic mass is 32.2. The summed E-state index contributed by atoms with van der Waals surface area (Å²) in [5.41, 5.74) is -6.15. The van der Waals surface area contributed by atoms with Crippen LogP contribution in [-0.4, -0.2) is 34.3 Å². The van der Waals surface area contributed by atoms with Gasteiger partial charge in [-0.1, -0.05) is 48.0 Å². The lowest BCUT2D eigenvalue weighted by Crippen LogP contribution is -2.29. The Balaban J connectivity index is 1.97. The van der Waals surface area contributed by atoms with Gasteiger partial charge in [0.25, 0.3) is 0 Å². The lowest BCUT2D eigenvalue weighted by atomic mass is 9.95. The predicted molar refractivity (Wildman–Crippen MR) is 143 cm³/mol. The van der Waals surface area contributed by atoms with Gasteiger partial charge in [0.15, 0.2) is 11.5 Å². The van der Waals surface area contributed by atoms with Gasteiger partial charge in [0.2, 0.25) is 0 Å². The topological polar surface area (TPSA) is 153 Å². The normalized spacial score (nSPS) is 13.6. The quantitative estimate of drug-likeness (QED) is 0.191. The van der Waals surface area contributed by atoms with Crippen LogP contribution in [0.15, 0.2) is 53.4 Å². The average molecular weight is 640 g/mol. The van der Waals surface area contributed by atoms with Crippen LogP contribution in [0, 0.1) is 20.8 Å². The minimum absolute atomic E-state index is 0.141. The summed E-state index contributed by atoms with van der Waals surface area (Å²) < 4.78 is 106. The van der Waals surface area contributed by atoms with Crippen LogP contribution in [0.25, 0.3) is 6.08 Å². The molecule has 3 aromatic carbocycles. The van der Waals surface area contributed by atoms with E-state index < -0.39 is 73.3 Å². The molecule has 3 aromatic rings. The van der Waals surface area contributed by atoms with E-state index in [2.05, 4.69) is 4.18 Å². The van der Waals surface area contributed by atoms with Gasteiger partial charge in [0.1, 0.15) is 17.1 Å². The van der Waals surface area contributed by atoms with E-state index in [1.165, 1.54) is 55.5 Å². The van der Waals surface area contributed by atoms with Crippen LogP contribution in [0.1, 0.15) is 54.1 Å². The van der Waals surface area contributed by atoms with E-state index in [9.17, 15) is 44.7 Å². The lowest BCUT2D eigenvalue weighted by Gasteiger charge is -2.20. The Morgan fingerprint density at radius 2 is 1.65 bits per heavy atom. The van der Waals surface area contributed by atoms with Gasteiger partial charge >= 0.3 is 31.7 Å². The number of hydrogen-bond acceptors (Lipinski definition) is 10. The molecule has 0 atom stereocenters. The summed E-state index contributed by atoms with van der Waals surface area (Å²) in [6, 6.07) is 9.59. The number of carboxylic acids is 1. The van der Waals surface area contributed by atoms with E-state index in [0.29, 0.717) is 11.1 Å². The number of fused-ring (bicyclic) bond motifs is 1. The number of alkyl halides is 3. The highest BCUT2D eigenvalue weighted by Crippen LogP contribution is 2.45. The smallest absolute Gasteiger partial charge is 0.534 e. The summed E-state index contributed by atoms with van der Waals surface area (Å²) in [6.07, 6.45) is 1.90. The molecule has 0 bridgehead atoms. The lowest BCUT2D eigenvalue weighted by molar-refractivity contribution is -0.255. The van der Waals surface area contributed by atoms with E-state index in [-0.39, 0.29) is 27.1 Å². The number of carbonyl (C=O) groups excluding carboxylic acids is 2. The van der Waals surface area contributed by atoms with Gasteiger partial charge < -0.3 is 23.0 Å². The van der Waals surface area contributed by atoms with Gasteiger partial charge in [-0.2, -0.15) is 30.0 Å². The average Bonchev–Trinajstić information content (AvgIpc) is 3.29.